The lowest BCUT2D eigenvalue weighted by Crippen LogP contribution is -2.45. The second kappa shape index (κ2) is 9.16. The van der Waals surface area contributed by atoms with Crippen LogP contribution in [0.2, 0.25) is 10.0 Å². The normalized spacial score (nSPS) is 26.5. The van der Waals surface area contributed by atoms with Crippen LogP contribution in [0.5, 0.6) is 0 Å². The molecular formula is C24H32Cl2FNO2. The molecule has 166 valence electrons. The van der Waals surface area contributed by atoms with E-state index in [4.69, 9.17) is 23.2 Å². The summed E-state index contributed by atoms with van der Waals surface area (Å²) in [5, 5.41) is 3.69. The monoisotopic (exact) mass is 455 g/mol. The number of benzene rings is 1. The molecule has 2 aliphatic carbocycles. The SMILES string of the molecule is CC(=O)CC[C@@H]1CC[C@@](C)(C(=O)N[C@H](c2c(F)ccc(Cl)c2Cl)C2(C)CCCC2)C1. The highest BCUT2D eigenvalue weighted by Gasteiger charge is 2.46. The third-order valence-electron chi connectivity index (χ3n) is 7.38. The number of hydrogen-bond acceptors (Lipinski definition) is 2. The van der Waals surface area contributed by atoms with Gasteiger partial charge in [0.05, 0.1) is 16.1 Å². The first-order valence-corrected chi connectivity index (χ1v) is 11.8. The van der Waals surface area contributed by atoms with E-state index in [-0.39, 0.29) is 22.1 Å². The number of carbonyl (C=O) groups is 2. The van der Waals surface area contributed by atoms with E-state index in [9.17, 15) is 14.0 Å². The molecule has 3 rings (SSSR count). The summed E-state index contributed by atoms with van der Waals surface area (Å²) in [4.78, 5) is 24.8. The van der Waals surface area contributed by atoms with Gasteiger partial charge in [-0.1, -0.05) is 49.9 Å². The molecule has 0 saturated heterocycles. The van der Waals surface area contributed by atoms with Gasteiger partial charge >= 0.3 is 0 Å². The highest BCUT2D eigenvalue weighted by Crippen LogP contribution is 2.51. The molecule has 1 aromatic carbocycles. The third-order valence-corrected chi connectivity index (χ3v) is 8.20. The highest BCUT2D eigenvalue weighted by molar-refractivity contribution is 6.42. The number of rotatable bonds is 7. The number of carbonyl (C=O) groups excluding carboxylic acids is 2. The zero-order valence-corrected chi connectivity index (χ0v) is 19.6. The fraction of sp³-hybridized carbons (Fsp3) is 0.667. The molecule has 3 atom stereocenters. The van der Waals surface area contributed by atoms with Gasteiger partial charge in [0, 0.05) is 17.4 Å². The molecule has 2 aliphatic rings. The minimum Gasteiger partial charge on any atom is -0.348 e. The van der Waals surface area contributed by atoms with Gasteiger partial charge in [0.2, 0.25) is 5.91 Å². The van der Waals surface area contributed by atoms with E-state index in [0.29, 0.717) is 22.9 Å². The molecule has 1 N–H and O–H groups in total. The van der Waals surface area contributed by atoms with Gasteiger partial charge in [-0.15, -0.1) is 0 Å². The summed E-state index contributed by atoms with van der Waals surface area (Å²) in [5.41, 5.74) is -0.485. The number of halogens is 3. The summed E-state index contributed by atoms with van der Waals surface area (Å²) in [6.07, 6.45) is 7.75. The molecular weight excluding hydrogens is 424 g/mol. The van der Waals surface area contributed by atoms with Gasteiger partial charge in [-0.3, -0.25) is 4.79 Å². The van der Waals surface area contributed by atoms with E-state index in [1.165, 1.54) is 12.1 Å². The maximum Gasteiger partial charge on any atom is 0.226 e. The first kappa shape index (κ1) is 23.5. The van der Waals surface area contributed by atoms with Crippen molar-refractivity contribution in [1.82, 2.24) is 5.32 Å². The van der Waals surface area contributed by atoms with Crippen molar-refractivity contribution in [2.45, 2.75) is 84.6 Å². The molecule has 2 saturated carbocycles. The van der Waals surface area contributed by atoms with E-state index in [1.54, 1.807) is 6.92 Å². The molecule has 0 spiro atoms. The fourth-order valence-corrected chi connectivity index (χ4v) is 5.83. The molecule has 0 heterocycles. The van der Waals surface area contributed by atoms with E-state index < -0.39 is 17.3 Å². The molecule has 2 fully saturated rings. The van der Waals surface area contributed by atoms with E-state index in [0.717, 1.165) is 51.4 Å². The zero-order chi connectivity index (χ0) is 22.1. The topological polar surface area (TPSA) is 46.2 Å². The second-order valence-corrected chi connectivity index (χ2v) is 10.7. The highest BCUT2D eigenvalue weighted by atomic mass is 35.5. The molecule has 0 unspecified atom stereocenters. The van der Waals surface area contributed by atoms with Crippen LogP contribution in [0.15, 0.2) is 12.1 Å². The summed E-state index contributed by atoms with van der Waals surface area (Å²) >= 11 is 12.7. The number of ketones is 1. The van der Waals surface area contributed by atoms with Crippen LogP contribution in [0.25, 0.3) is 0 Å². The Morgan fingerprint density at radius 2 is 1.87 bits per heavy atom. The Labute approximate surface area is 189 Å². The van der Waals surface area contributed by atoms with Crippen LogP contribution in [0.4, 0.5) is 4.39 Å². The van der Waals surface area contributed by atoms with Crippen molar-refractivity contribution in [2.24, 2.45) is 16.7 Å². The van der Waals surface area contributed by atoms with Gasteiger partial charge in [-0.05, 0) is 68.9 Å². The van der Waals surface area contributed by atoms with Crippen LogP contribution >= 0.6 is 23.2 Å². The Bertz CT molecular complexity index is 822. The Hall–Kier alpha value is -1.13. The summed E-state index contributed by atoms with van der Waals surface area (Å²) in [6, 6.07) is 2.26. The molecule has 30 heavy (non-hydrogen) atoms. The predicted octanol–water partition coefficient (Wildman–Crippen LogP) is 7.05. The second-order valence-electron chi connectivity index (χ2n) is 9.93. The first-order chi connectivity index (χ1) is 14.1. The Balaban J connectivity index is 1.85. The summed E-state index contributed by atoms with van der Waals surface area (Å²) in [6.45, 7) is 5.70. The lowest BCUT2D eigenvalue weighted by atomic mass is 9.76. The lowest BCUT2D eigenvalue weighted by molar-refractivity contribution is -0.131. The smallest absolute Gasteiger partial charge is 0.226 e. The summed E-state index contributed by atoms with van der Waals surface area (Å²) in [7, 11) is 0. The van der Waals surface area contributed by atoms with Gasteiger partial charge in [0.25, 0.3) is 0 Å². The maximum atomic E-state index is 14.9. The van der Waals surface area contributed by atoms with Crippen molar-refractivity contribution in [3.05, 3.63) is 33.6 Å². The molecule has 0 bridgehead atoms. The van der Waals surface area contributed by atoms with Crippen LogP contribution in [0.3, 0.4) is 0 Å². The summed E-state index contributed by atoms with van der Waals surface area (Å²) < 4.78 is 14.9. The van der Waals surface area contributed by atoms with Crippen molar-refractivity contribution in [1.29, 1.82) is 0 Å². The number of Topliss-reactive ketones (excluding diaryl/α,β-unsaturated/α-hetero) is 1. The van der Waals surface area contributed by atoms with E-state index >= 15 is 0 Å². The molecule has 0 aromatic heterocycles. The van der Waals surface area contributed by atoms with Crippen molar-refractivity contribution >= 4 is 34.9 Å². The Morgan fingerprint density at radius 3 is 2.50 bits per heavy atom. The number of nitrogens with one attached hydrogen (secondary N) is 1. The first-order valence-electron chi connectivity index (χ1n) is 11.0. The molecule has 0 aliphatic heterocycles. The van der Waals surface area contributed by atoms with Crippen molar-refractivity contribution in [3.63, 3.8) is 0 Å². The van der Waals surface area contributed by atoms with Crippen molar-refractivity contribution < 1.29 is 14.0 Å². The molecule has 1 amide bonds. The van der Waals surface area contributed by atoms with Crippen LogP contribution < -0.4 is 5.32 Å². The maximum absolute atomic E-state index is 14.9. The average Bonchev–Trinajstić information content (AvgIpc) is 3.30. The summed E-state index contributed by atoms with van der Waals surface area (Å²) in [5.74, 6) is 0.0742. The number of hydrogen-bond donors (Lipinski definition) is 1. The largest absolute Gasteiger partial charge is 0.348 e. The molecule has 0 radical (unpaired) electrons. The molecule has 1 aromatic rings. The van der Waals surface area contributed by atoms with Gasteiger partial charge in [-0.2, -0.15) is 0 Å². The predicted molar refractivity (Wildman–Crippen MR) is 119 cm³/mol. The van der Waals surface area contributed by atoms with Gasteiger partial charge in [-0.25, -0.2) is 4.39 Å². The third kappa shape index (κ3) is 4.85. The standard InChI is InChI=1S/C24H32Cl2FNO2/c1-15(29)6-7-16-10-13-24(3,14-16)22(30)28-21(23(2)11-4-5-12-23)19-18(27)9-8-17(25)20(19)26/h8-9,16,21H,4-7,10-14H2,1-3H3,(H,28,30)/t16-,21-,24-/m1/s1. The Morgan fingerprint density at radius 1 is 1.20 bits per heavy atom. The molecule has 6 heteroatoms. The van der Waals surface area contributed by atoms with E-state index in [1.807, 2.05) is 6.92 Å². The minimum absolute atomic E-state index is 0.0543. The van der Waals surface area contributed by atoms with E-state index in [2.05, 4.69) is 12.2 Å². The molecule has 3 nitrogen and oxygen atoms in total. The average molecular weight is 456 g/mol. The van der Waals surface area contributed by atoms with Crippen molar-refractivity contribution in [2.75, 3.05) is 0 Å². The lowest BCUT2D eigenvalue weighted by Gasteiger charge is -2.38. The van der Waals surface area contributed by atoms with Crippen LogP contribution in [-0.2, 0) is 9.59 Å². The van der Waals surface area contributed by atoms with Crippen LogP contribution in [-0.4, -0.2) is 11.7 Å². The van der Waals surface area contributed by atoms with Gasteiger partial charge in [0.15, 0.2) is 0 Å². The van der Waals surface area contributed by atoms with Crippen molar-refractivity contribution in [3.8, 4) is 0 Å². The van der Waals surface area contributed by atoms with Gasteiger partial charge in [0.1, 0.15) is 11.6 Å². The fourth-order valence-electron chi connectivity index (χ4n) is 5.40. The number of amides is 1. The van der Waals surface area contributed by atoms with Gasteiger partial charge < -0.3 is 10.1 Å². The quantitative estimate of drug-likeness (QED) is 0.447. The van der Waals surface area contributed by atoms with Crippen LogP contribution in [0, 0.1) is 22.6 Å². The zero-order valence-electron chi connectivity index (χ0n) is 18.1. The van der Waals surface area contributed by atoms with Crippen LogP contribution in [0.1, 0.15) is 90.2 Å². The minimum atomic E-state index is -0.521. The Kier molecular flexibility index (Phi) is 7.18.